The van der Waals surface area contributed by atoms with Gasteiger partial charge in [0.2, 0.25) is 8.41 Å². The highest BCUT2D eigenvalue weighted by Gasteiger charge is 2.66. The second-order valence-electron chi connectivity index (χ2n) is 13.6. The van der Waals surface area contributed by atoms with Crippen molar-refractivity contribution in [3.63, 3.8) is 0 Å². The van der Waals surface area contributed by atoms with Gasteiger partial charge < -0.3 is 18.9 Å². The quantitative estimate of drug-likeness (QED) is 0.147. The lowest BCUT2D eigenvalue weighted by Crippen LogP contribution is -2.45. The van der Waals surface area contributed by atoms with Gasteiger partial charge in [0.05, 0.1) is 23.0 Å². The first-order valence-corrected chi connectivity index (χ1v) is 18.9. The molecule has 8 heteroatoms. The molecule has 4 atom stereocenters. The van der Waals surface area contributed by atoms with Crippen molar-refractivity contribution in [1.82, 2.24) is 0 Å². The zero-order valence-electron chi connectivity index (χ0n) is 27.1. The van der Waals surface area contributed by atoms with Gasteiger partial charge in [0.1, 0.15) is 0 Å². The van der Waals surface area contributed by atoms with Crippen molar-refractivity contribution >= 4 is 48.1 Å². The number of hydrogen-bond acceptors (Lipinski definition) is 4. The summed E-state index contributed by atoms with van der Waals surface area (Å²) in [6.45, 7) is 11.7. The Morgan fingerprint density at radius 1 is 1.04 bits per heavy atom. The van der Waals surface area contributed by atoms with Crippen LogP contribution in [0.3, 0.4) is 0 Å². The van der Waals surface area contributed by atoms with E-state index in [1.807, 2.05) is 61.5 Å². The molecular formula is C37H43FN2O4Si. The van der Waals surface area contributed by atoms with Gasteiger partial charge in [0.15, 0.2) is 5.60 Å². The van der Waals surface area contributed by atoms with E-state index in [4.69, 9.17) is 4.74 Å². The number of ether oxygens (including phenoxy) is 1. The van der Waals surface area contributed by atoms with E-state index in [1.54, 1.807) is 22.9 Å². The van der Waals surface area contributed by atoms with Gasteiger partial charge >= 0.3 is 0 Å². The lowest BCUT2D eigenvalue weighted by Gasteiger charge is -2.31. The maximum absolute atomic E-state index is 16.0. The Morgan fingerprint density at radius 2 is 1.78 bits per heavy atom. The molecule has 3 aromatic rings. The summed E-state index contributed by atoms with van der Waals surface area (Å²) in [5.74, 6) is -0.803. The van der Waals surface area contributed by atoms with Gasteiger partial charge in [-0.1, -0.05) is 54.5 Å². The Balaban J connectivity index is 1.46. The van der Waals surface area contributed by atoms with E-state index in [1.165, 1.54) is 11.1 Å². The number of carbonyl (C=O) groups is 2. The van der Waals surface area contributed by atoms with Crippen LogP contribution in [0.15, 0.2) is 77.9 Å². The van der Waals surface area contributed by atoms with Crippen LogP contribution in [0.1, 0.15) is 62.9 Å². The molecule has 0 bridgehead atoms. The number of anilines is 3. The molecule has 2 amide bonds. The number of fused-ring (bicyclic) bond motifs is 2. The van der Waals surface area contributed by atoms with Crippen molar-refractivity contribution in [2.24, 2.45) is 5.92 Å². The first-order valence-electron chi connectivity index (χ1n) is 16.0. The summed E-state index contributed by atoms with van der Waals surface area (Å²) in [5, 5.41) is 11.8. The van der Waals surface area contributed by atoms with E-state index in [0.29, 0.717) is 29.0 Å². The van der Waals surface area contributed by atoms with Crippen LogP contribution in [0.4, 0.5) is 21.2 Å². The van der Waals surface area contributed by atoms with Gasteiger partial charge in [0, 0.05) is 41.2 Å². The summed E-state index contributed by atoms with van der Waals surface area (Å²) in [6, 6.07) is 17.3. The zero-order chi connectivity index (χ0) is 32.3. The van der Waals surface area contributed by atoms with Crippen LogP contribution in [0.5, 0.6) is 0 Å². The largest absolute Gasteiger partial charge is 0.396 e. The molecule has 3 heterocycles. The fourth-order valence-electron chi connectivity index (χ4n) is 7.86. The minimum Gasteiger partial charge on any atom is -0.396 e. The molecule has 0 aliphatic carbocycles. The fraction of sp³-hybridized carbons (Fsp3) is 0.405. The number of aliphatic hydroxyl groups is 1. The van der Waals surface area contributed by atoms with E-state index < -0.39 is 31.6 Å². The van der Waals surface area contributed by atoms with Gasteiger partial charge in [-0.3, -0.25) is 14.5 Å². The minimum atomic E-state index is -3.33. The number of carbonyl (C=O) groups excluding carboxylic acids is 2. The second-order valence-corrected chi connectivity index (χ2v) is 17.4. The molecule has 0 saturated carbocycles. The highest BCUT2D eigenvalue weighted by molar-refractivity contribution is 6.72. The van der Waals surface area contributed by atoms with Crippen molar-refractivity contribution in [3.05, 3.63) is 89.0 Å². The van der Waals surface area contributed by atoms with E-state index in [9.17, 15) is 14.7 Å². The first-order chi connectivity index (χ1) is 21.4. The molecule has 1 N–H and O–H groups in total. The lowest BCUT2D eigenvalue weighted by atomic mass is 9.82. The van der Waals surface area contributed by atoms with Crippen molar-refractivity contribution in [3.8, 4) is 0 Å². The van der Waals surface area contributed by atoms with E-state index in [-0.39, 0.29) is 24.8 Å². The van der Waals surface area contributed by atoms with Crippen LogP contribution in [0.2, 0.25) is 18.6 Å². The molecular weight excluding hydrogens is 584 g/mol. The van der Waals surface area contributed by atoms with Crippen LogP contribution in [0.25, 0.3) is 10.8 Å². The fourth-order valence-corrected chi connectivity index (χ4v) is 10.4. The summed E-state index contributed by atoms with van der Waals surface area (Å²) in [4.78, 5) is 32.0. The highest BCUT2D eigenvalue weighted by atomic mass is 28.4. The summed E-state index contributed by atoms with van der Waals surface area (Å²) in [6.07, 6.45) is 5.78. The van der Waals surface area contributed by atoms with Gasteiger partial charge in [-0.2, -0.15) is 0 Å². The smallest absolute Gasteiger partial charge is 0.264 e. The monoisotopic (exact) mass is 626 g/mol. The molecule has 3 aromatic carbocycles. The third-order valence-electron chi connectivity index (χ3n) is 9.89. The van der Waals surface area contributed by atoms with Crippen molar-refractivity contribution in [2.45, 2.75) is 77.3 Å². The molecule has 3 aliphatic heterocycles. The molecule has 0 radical (unpaired) electrons. The number of aliphatic hydroxyl groups excluding tert-OH is 1. The van der Waals surface area contributed by atoms with E-state index >= 15 is 4.11 Å². The molecule has 6 nitrogen and oxygen atoms in total. The Labute approximate surface area is 266 Å². The lowest BCUT2D eigenvalue weighted by molar-refractivity contribution is -0.146. The number of allylic oxidation sites excluding steroid dienone is 3. The topological polar surface area (TPSA) is 70.1 Å². The third kappa shape index (κ3) is 5.07. The molecule has 1 fully saturated rings. The third-order valence-corrected chi connectivity index (χ3v) is 12.3. The normalized spacial score (nSPS) is 24.4. The van der Waals surface area contributed by atoms with Crippen molar-refractivity contribution in [2.75, 3.05) is 23.0 Å². The summed E-state index contributed by atoms with van der Waals surface area (Å²) >= 11 is 0. The van der Waals surface area contributed by atoms with E-state index in [0.717, 1.165) is 29.3 Å². The molecule has 0 aromatic heterocycles. The molecule has 236 valence electrons. The minimum absolute atomic E-state index is 0.124. The molecule has 3 aliphatic rings. The Bertz CT molecular complexity index is 1730. The number of benzene rings is 3. The average molecular weight is 627 g/mol. The first kappa shape index (κ1) is 31.4. The molecule has 45 heavy (non-hydrogen) atoms. The molecule has 6 rings (SSSR count). The van der Waals surface area contributed by atoms with Crippen molar-refractivity contribution < 1.29 is 23.5 Å². The number of hydrogen-bond donors (Lipinski definition) is 1. The Morgan fingerprint density at radius 3 is 2.47 bits per heavy atom. The summed E-state index contributed by atoms with van der Waals surface area (Å²) in [5.41, 5.74) is 4.01. The predicted octanol–water partition coefficient (Wildman–Crippen LogP) is 8.33. The number of halogens is 1. The highest BCUT2D eigenvalue weighted by Crippen LogP contribution is 2.60. The maximum Gasteiger partial charge on any atom is 0.264 e. The van der Waals surface area contributed by atoms with Crippen LogP contribution in [0, 0.1) is 5.92 Å². The number of nitrogens with zero attached hydrogens (tertiary/aromatic N) is 2. The van der Waals surface area contributed by atoms with Gasteiger partial charge in [0.25, 0.3) is 11.8 Å². The standard InChI is InChI=1S/C37H43FN2O4Si/c1-23(2)10-7-11-24(3)18-20-39-30-17-16-27(40-31-15-9-13-26-12-8-14-28(33(26)31)35(40)42)22-29(30)37(36(39)43)25(4)34(45(5,6)38)32(44-37)19-21-41/h8-10,12-18,22,25,32,34,41H,7,11,19-21H2,1-6H3/b24-18+/t25-,32+,34-,37+/m1/s1. The average Bonchev–Trinajstić information content (AvgIpc) is 3.54. The van der Waals surface area contributed by atoms with Gasteiger partial charge in [-0.15, -0.1) is 0 Å². The van der Waals surface area contributed by atoms with Crippen LogP contribution in [-0.2, 0) is 15.1 Å². The number of amides is 2. The maximum atomic E-state index is 16.0. The second kappa shape index (κ2) is 11.6. The summed E-state index contributed by atoms with van der Waals surface area (Å²) in [7, 11) is -3.33. The molecule has 1 spiro atoms. The van der Waals surface area contributed by atoms with Crippen LogP contribution < -0.4 is 9.80 Å². The Hall–Kier alpha value is -3.59. The molecule has 1 saturated heterocycles. The molecule has 0 unspecified atom stereocenters. The predicted molar refractivity (Wildman–Crippen MR) is 181 cm³/mol. The van der Waals surface area contributed by atoms with Crippen molar-refractivity contribution in [1.29, 1.82) is 0 Å². The van der Waals surface area contributed by atoms with Gasteiger partial charge in [-0.05, 0) is 88.8 Å². The van der Waals surface area contributed by atoms with E-state index in [2.05, 4.69) is 32.9 Å². The van der Waals surface area contributed by atoms with Crippen LogP contribution in [-0.4, -0.2) is 44.6 Å². The van der Waals surface area contributed by atoms with Crippen LogP contribution >= 0.6 is 0 Å². The Kier molecular flexibility index (Phi) is 8.12. The summed E-state index contributed by atoms with van der Waals surface area (Å²) < 4.78 is 22.8. The zero-order valence-corrected chi connectivity index (χ0v) is 28.1. The SMILES string of the molecule is CC(C)=CCC/C(C)=C/CN1C(=O)[C@@]2(O[C@@H](CCO)[C@H]([Si](C)(C)F)[C@H]2C)c2cc(N3C(=O)c4cccc5cccc3c45)ccc21. The number of rotatable bonds is 9. The van der Waals surface area contributed by atoms with Gasteiger partial charge in [-0.25, -0.2) is 0 Å².